The lowest BCUT2D eigenvalue weighted by Crippen LogP contribution is -2.34. The highest BCUT2D eigenvalue weighted by molar-refractivity contribution is 9.10. The van der Waals surface area contributed by atoms with Crippen LogP contribution in [-0.4, -0.2) is 39.4 Å². The van der Waals surface area contributed by atoms with Gasteiger partial charge in [-0.2, -0.15) is 11.8 Å². The fourth-order valence-electron chi connectivity index (χ4n) is 1.92. The molecule has 98 valence electrons. The van der Waals surface area contributed by atoms with Crippen molar-refractivity contribution in [3.05, 3.63) is 28.5 Å². The summed E-state index contributed by atoms with van der Waals surface area (Å²) < 4.78 is 1.03. The number of halogens is 1. The molecule has 1 saturated heterocycles. The van der Waals surface area contributed by atoms with E-state index in [4.69, 9.17) is 0 Å². The Bertz CT molecular complexity index is 450. The van der Waals surface area contributed by atoms with Crippen molar-refractivity contribution >= 4 is 33.6 Å². The molecule has 2 rings (SSSR count). The number of aromatic nitrogens is 1. The van der Waals surface area contributed by atoms with Crippen molar-refractivity contribution in [2.45, 2.75) is 25.0 Å². The second-order valence-electron chi connectivity index (χ2n) is 4.98. The zero-order chi connectivity index (χ0) is 13.2. The number of amides is 1. The number of carbonyl (C=O) groups excluding carboxylic acids is 1. The normalized spacial score (nSPS) is 19.4. The number of nitrogens with zero attached hydrogens (tertiary/aromatic N) is 2. The van der Waals surface area contributed by atoms with Crippen LogP contribution in [0.3, 0.4) is 0 Å². The second-order valence-corrected chi connectivity index (χ2v) is 7.64. The molecule has 5 heteroatoms. The number of carbonyl (C=O) groups is 1. The van der Waals surface area contributed by atoms with Gasteiger partial charge in [0, 0.05) is 34.3 Å². The number of pyridine rings is 1. The van der Waals surface area contributed by atoms with Crippen LogP contribution >= 0.6 is 27.7 Å². The lowest BCUT2D eigenvalue weighted by Gasteiger charge is -2.22. The number of thioether (sulfide) groups is 1. The molecule has 0 bridgehead atoms. The van der Waals surface area contributed by atoms with Gasteiger partial charge in [-0.15, -0.1) is 0 Å². The molecule has 0 radical (unpaired) electrons. The molecule has 0 spiro atoms. The topological polar surface area (TPSA) is 33.2 Å². The molecule has 1 aliphatic heterocycles. The summed E-state index contributed by atoms with van der Waals surface area (Å²) in [6, 6.07) is 3.68. The van der Waals surface area contributed by atoms with Gasteiger partial charge >= 0.3 is 0 Å². The van der Waals surface area contributed by atoms with E-state index in [-0.39, 0.29) is 10.7 Å². The first-order chi connectivity index (χ1) is 8.49. The zero-order valence-corrected chi connectivity index (χ0v) is 13.1. The van der Waals surface area contributed by atoms with Crippen LogP contribution in [0, 0.1) is 0 Å². The first kappa shape index (κ1) is 13.9. The summed E-state index contributed by atoms with van der Waals surface area (Å²) in [4.78, 5) is 18.5. The summed E-state index contributed by atoms with van der Waals surface area (Å²) >= 11 is 5.33. The highest BCUT2D eigenvalue weighted by atomic mass is 79.9. The summed E-state index contributed by atoms with van der Waals surface area (Å²) in [5.74, 6) is 1.02. The highest BCUT2D eigenvalue weighted by Crippen LogP contribution is 2.31. The van der Waals surface area contributed by atoms with E-state index in [9.17, 15) is 4.79 Å². The van der Waals surface area contributed by atoms with Crippen molar-refractivity contribution in [3.8, 4) is 0 Å². The maximum Gasteiger partial charge on any atom is 0.273 e. The molecule has 0 atom stereocenters. The predicted octanol–water partition coefficient (Wildman–Crippen LogP) is 3.20. The van der Waals surface area contributed by atoms with Crippen LogP contribution in [0.4, 0.5) is 0 Å². The molecule has 0 N–H and O–H groups in total. The monoisotopic (exact) mass is 328 g/mol. The Morgan fingerprint density at radius 2 is 2.28 bits per heavy atom. The van der Waals surface area contributed by atoms with Crippen LogP contribution in [0.15, 0.2) is 22.8 Å². The molecule has 1 aliphatic rings. The molecule has 0 aromatic carbocycles. The molecule has 1 amide bonds. The summed E-state index contributed by atoms with van der Waals surface area (Å²) in [6.45, 7) is 6.09. The van der Waals surface area contributed by atoms with Gasteiger partial charge in [-0.05, 0) is 34.5 Å². The molecule has 0 aliphatic carbocycles. The quantitative estimate of drug-likeness (QED) is 0.793. The molecule has 0 unspecified atom stereocenters. The van der Waals surface area contributed by atoms with E-state index < -0.39 is 0 Å². The standard InChI is InChI=1S/C13H17BrN2OS/c1-13(2)5-7-16(8-9-18-13)12(17)11-10(14)4-3-6-15-11/h3-4,6H,5,7-9H2,1-2H3. The summed E-state index contributed by atoms with van der Waals surface area (Å²) in [7, 11) is 0. The van der Waals surface area contributed by atoms with Crippen molar-refractivity contribution in [2.75, 3.05) is 18.8 Å². The van der Waals surface area contributed by atoms with Gasteiger partial charge in [-0.1, -0.05) is 13.8 Å². The molecule has 3 nitrogen and oxygen atoms in total. The Morgan fingerprint density at radius 3 is 3.00 bits per heavy atom. The SMILES string of the molecule is CC1(C)CCN(C(=O)c2ncccc2Br)CCS1. The molecular weight excluding hydrogens is 312 g/mol. The smallest absolute Gasteiger partial charge is 0.273 e. The van der Waals surface area contributed by atoms with Crippen LogP contribution in [0.5, 0.6) is 0 Å². The van der Waals surface area contributed by atoms with Gasteiger partial charge in [0.05, 0.1) is 0 Å². The van der Waals surface area contributed by atoms with E-state index in [0.29, 0.717) is 5.69 Å². The minimum Gasteiger partial charge on any atom is -0.336 e. The first-order valence-corrected chi connectivity index (χ1v) is 7.81. The average molecular weight is 329 g/mol. The zero-order valence-electron chi connectivity index (χ0n) is 10.6. The second kappa shape index (κ2) is 5.61. The van der Waals surface area contributed by atoms with Crippen molar-refractivity contribution in [1.82, 2.24) is 9.88 Å². The molecule has 1 aromatic rings. The maximum atomic E-state index is 12.4. The average Bonchev–Trinajstić information content (AvgIpc) is 2.50. The van der Waals surface area contributed by atoms with E-state index in [1.54, 1.807) is 6.20 Å². The molecule has 1 fully saturated rings. The van der Waals surface area contributed by atoms with E-state index in [1.807, 2.05) is 28.8 Å². The summed E-state index contributed by atoms with van der Waals surface area (Å²) in [6.07, 6.45) is 2.68. The molecule has 1 aromatic heterocycles. The largest absolute Gasteiger partial charge is 0.336 e. The van der Waals surface area contributed by atoms with Gasteiger partial charge in [0.25, 0.3) is 5.91 Å². The minimum atomic E-state index is 0.0285. The van der Waals surface area contributed by atoms with E-state index in [0.717, 1.165) is 29.7 Å². The summed E-state index contributed by atoms with van der Waals surface area (Å²) in [5, 5.41) is 0. The third kappa shape index (κ3) is 3.26. The lowest BCUT2D eigenvalue weighted by atomic mass is 10.1. The van der Waals surface area contributed by atoms with Crippen molar-refractivity contribution in [3.63, 3.8) is 0 Å². The van der Waals surface area contributed by atoms with Crippen molar-refractivity contribution in [1.29, 1.82) is 0 Å². The van der Waals surface area contributed by atoms with Gasteiger partial charge < -0.3 is 4.90 Å². The van der Waals surface area contributed by atoms with Gasteiger partial charge in [0.15, 0.2) is 0 Å². The first-order valence-electron chi connectivity index (χ1n) is 6.03. The lowest BCUT2D eigenvalue weighted by molar-refractivity contribution is 0.0757. The van der Waals surface area contributed by atoms with Gasteiger partial charge in [0.1, 0.15) is 5.69 Å². The van der Waals surface area contributed by atoms with E-state index in [1.165, 1.54) is 0 Å². The Hall–Kier alpha value is -0.550. The van der Waals surface area contributed by atoms with Gasteiger partial charge in [-0.3, -0.25) is 4.79 Å². The highest BCUT2D eigenvalue weighted by Gasteiger charge is 2.27. The van der Waals surface area contributed by atoms with Crippen LogP contribution in [-0.2, 0) is 0 Å². The van der Waals surface area contributed by atoms with Crippen LogP contribution < -0.4 is 0 Å². The Kier molecular flexibility index (Phi) is 4.33. The van der Waals surface area contributed by atoms with E-state index in [2.05, 4.69) is 34.8 Å². The predicted molar refractivity (Wildman–Crippen MR) is 79.0 cm³/mol. The minimum absolute atomic E-state index is 0.0285. The molecular formula is C13H17BrN2OS. The number of hydrogen-bond acceptors (Lipinski definition) is 3. The number of rotatable bonds is 1. The van der Waals surface area contributed by atoms with Crippen LogP contribution in [0.1, 0.15) is 30.8 Å². The fraction of sp³-hybridized carbons (Fsp3) is 0.538. The van der Waals surface area contributed by atoms with Gasteiger partial charge in [0.2, 0.25) is 0 Å². The van der Waals surface area contributed by atoms with Crippen molar-refractivity contribution < 1.29 is 4.79 Å². The third-order valence-corrected chi connectivity index (χ3v) is 5.10. The number of hydrogen-bond donors (Lipinski definition) is 0. The van der Waals surface area contributed by atoms with Crippen molar-refractivity contribution in [2.24, 2.45) is 0 Å². The Morgan fingerprint density at radius 1 is 1.50 bits per heavy atom. The molecule has 2 heterocycles. The molecule has 0 saturated carbocycles. The maximum absolute atomic E-state index is 12.4. The van der Waals surface area contributed by atoms with Crippen LogP contribution in [0.25, 0.3) is 0 Å². The van der Waals surface area contributed by atoms with Crippen LogP contribution in [0.2, 0.25) is 0 Å². The fourth-order valence-corrected chi connectivity index (χ4v) is 3.44. The molecule has 18 heavy (non-hydrogen) atoms. The third-order valence-electron chi connectivity index (χ3n) is 3.09. The van der Waals surface area contributed by atoms with Gasteiger partial charge in [-0.25, -0.2) is 4.98 Å². The van der Waals surface area contributed by atoms with E-state index >= 15 is 0 Å². The summed E-state index contributed by atoms with van der Waals surface area (Å²) in [5.41, 5.74) is 0.516. The Balaban J connectivity index is 2.13. The Labute approximate surface area is 120 Å².